The third kappa shape index (κ3) is 5.04. The number of ether oxygens (including phenoxy) is 1. The van der Waals surface area contributed by atoms with E-state index in [0.29, 0.717) is 0 Å². The van der Waals surface area contributed by atoms with Crippen LogP contribution in [0.5, 0.6) is 0 Å². The van der Waals surface area contributed by atoms with Crippen LogP contribution in [0.15, 0.2) is 35.2 Å². The SMILES string of the molecule is CC(C)CN(C(=O)OC(C)(C)C)S(=O)(=O)c1ccccc1. The van der Waals surface area contributed by atoms with Crippen LogP contribution in [0.3, 0.4) is 0 Å². The molecular formula is C15H23NO4S. The Morgan fingerprint density at radius 1 is 1.19 bits per heavy atom. The first-order valence-corrected chi connectivity index (χ1v) is 8.29. The van der Waals surface area contributed by atoms with Crippen LogP contribution in [0.1, 0.15) is 34.6 Å². The summed E-state index contributed by atoms with van der Waals surface area (Å²) in [5, 5.41) is 0. The van der Waals surface area contributed by atoms with Gasteiger partial charge in [-0.25, -0.2) is 17.5 Å². The second kappa shape index (κ2) is 6.47. The summed E-state index contributed by atoms with van der Waals surface area (Å²) in [4.78, 5) is 12.3. The van der Waals surface area contributed by atoms with E-state index in [-0.39, 0.29) is 17.4 Å². The predicted octanol–water partition coefficient (Wildman–Crippen LogP) is 3.27. The number of hydrogen-bond donors (Lipinski definition) is 0. The minimum atomic E-state index is -3.91. The van der Waals surface area contributed by atoms with Gasteiger partial charge in [-0.3, -0.25) is 0 Å². The Morgan fingerprint density at radius 2 is 1.71 bits per heavy atom. The van der Waals surface area contributed by atoms with Gasteiger partial charge in [0.25, 0.3) is 10.0 Å². The van der Waals surface area contributed by atoms with Gasteiger partial charge in [-0.05, 0) is 38.8 Å². The molecule has 0 aliphatic heterocycles. The molecule has 0 aliphatic carbocycles. The highest BCUT2D eigenvalue weighted by Gasteiger charge is 2.33. The summed E-state index contributed by atoms with van der Waals surface area (Å²) in [5.41, 5.74) is -0.751. The van der Waals surface area contributed by atoms with Gasteiger partial charge in [0.15, 0.2) is 0 Å². The highest BCUT2D eigenvalue weighted by Crippen LogP contribution is 2.20. The minimum Gasteiger partial charge on any atom is -0.443 e. The predicted molar refractivity (Wildman–Crippen MR) is 81.4 cm³/mol. The monoisotopic (exact) mass is 313 g/mol. The third-order valence-electron chi connectivity index (χ3n) is 2.46. The van der Waals surface area contributed by atoms with E-state index in [1.165, 1.54) is 12.1 Å². The van der Waals surface area contributed by atoms with E-state index in [1.807, 2.05) is 13.8 Å². The standard InChI is InChI=1S/C15H23NO4S/c1-12(2)11-16(14(17)20-15(3,4)5)21(18,19)13-9-7-6-8-10-13/h6-10,12H,11H2,1-5H3. The lowest BCUT2D eigenvalue weighted by atomic mass is 10.2. The molecule has 21 heavy (non-hydrogen) atoms. The number of sulfonamides is 1. The second-order valence-corrected chi connectivity index (χ2v) is 8.09. The average molecular weight is 313 g/mol. The fourth-order valence-corrected chi connectivity index (χ4v) is 3.12. The first kappa shape index (κ1) is 17.5. The topological polar surface area (TPSA) is 63.7 Å². The Bertz CT molecular complexity index is 573. The normalized spacial score (nSPS) is 12.3. The van der Waals surface area contributed by atoms with Crippen molar-refractivity contribution in [3.05, 3.63) is 30.3 Å². The molecule has 1 rings (SSSR count). The van der Waals surface area contributed by atoms with Gasteiger partial charge < -0.3 is 4.74 Å². The Labute approximate surface area is 127 Å². The van der Waals surface area contributed by atoms with Gasteiger partial charge in [-0.15, -0.1) is 0 Å². The van der Waals surface area contributed by atoms with Gasteiger partial charge in [-0.2, -0.15) is 0 Å². The quantitative estimate of drug-likeness (QED) is 0.856. The Balaban J connectivity index is 3.16. The van der Waals surface area contributed by atoms with Crippen molar-refractivity contribution in [2.75, 3.05) is 6.54 Å². The van der Waals surface area contributed by atoms with E-state index in [9.17, 15) is 13.2 Å². The van der Waals surface area contributed by atoms with Crippen LogP contribution in [-0.2, 0) is 14.8 Å². The van der Waals surface area contributed by atoms with Crippen LogP contribution < -0.4 is 0 Å². The zero-order chi connectivity index (χ0) is 16.3. The van der Waals surface area contributed by atoms with Crippen LogP contribution in [-0.4, -0.2) is 31.0 Å². The third-order valence-corrected chi connectivity index (χ3v) is 4.21. The maximum absolute atomic E-state index is 12.6. The largest absolute Gasteiger partial charge is 0.443 e. The fraction of sp³-hybridized carbons (Fsp3) is 0.533. The molecule has 1 amide bonds. The summed E-state index contributed by atoms with van der Waals surface area (Å²) < 4.78 is 31.3. The van der Waals surface area contributed by atoms with Gasteiger partial charge >= 0.3 is 6.09 Å². The lowest BCUT2D eigenvalue weighted by Gasteiger charge is -2.28. The van der Waals surface area contributed by atoms with E-state index in [1.54, 1.807) is 39.0 Å². The van der Waals surface area contributed by atoms with Crippen molar-refractivity contribution in [2.45, 2.75) is 45.1 Å². The van der Waals surface area contributed by atoms with Crippen LogP contribution in [0.2, 0.25) is 0 Å². The smallest absolute Gasteiger partial charge is 0.424 e. The molecular weight excluding hydrogens is 290 g/mol. The summed E-state index contributed by atoms with van der Waals surface area (Å²) in [6.45, 7) is 8.87. The molecule has 6 heteroatoms. The number of carbonyl (C=O) groups is 1. The first-order valence-electron chi connectivity index (χ1n) is 6.85. The Morgan fingerprint density at radius 3 is 2.14 bits per heavy atom. The van der Waals surface area contributed by atoms with Gasteiger partial charge in [0.05, 0.1) is 4.90 Å². The van der Waals surface area contributed by atoms with Gasteiger partial charge in [0.2, 0.25) is 0 Å². The maximum atomic E-state index is 12.6. The van der Waals surface area contributed by atoms with Crippen molar-refractivity contribution < 1.29 is 17.9 Å². The number of benzene rings is 1. The fourth-order valence-electron chi connectivity index (χ4n) is 1.63. The van der Waals surface area contributed by atoms with Crippen LogP contribution in [0.25, 0.3) is 0 Å². The molecule has 5 nitrogen and oxygen atoms in total. The Hall–Kier alpha value is -1.56. The number of hydrogen-bond acceptors (Lipinski definition) is 4. The first-order chi connectivity index (χ1) is 9.54. The van der Waals surface area contributed by atoms with Gasteiger partial charge in [0, 0.05) is 6.54 Å². The highest BCUT2D eigenvalue weighted by atomic mass is 32.2. The van der Waals surface area contributed by atoms with Crippen molar-refractivity contribution in [3.63, 3.8) is 0 Å². The molecule has 0 spiro atoms. The molecule has 1 aromatic rings. The van der Waals surface area contributed by atoms with E-state index >= 15 is 0 Å². The van der Waals surface area contributed by atoms with E-state index < -0.39 is 21.7 Å². The van der Waals surface area contributed by atoms with Crippen molar-refractivity contribution >= 4 is 16.1 Å². The van der Waals surface area contributed by atoms with Crippen molar-refractivity contribution in [1.82, 2.24) is 4.31 Å². The summed E-state index contributed by atoms with van der Waals surface area (Å²) in [5.74, 6) is -0.00370. The molecule has 0 unspecified atom stereocenters. The number of carbonyl (C=O) groups excluding carboxylic acids is 1. The summed E-state index contributed by atoms with van der Waals surface area (Å²) in [6.07, 6.45) is -0.847. The van der Waals surface area contributed by atoms with Crippen molar-refractivity contribution in [1.29, 1.82) is 0 Å². The zero-order valence-electron chi connectivity index (χ0n) is 13.2. The van der Waals surface area contributed by atoms with E-state index in [4.69, 9.17) is 4.74 Å². The molecule has 0 heterocycles. The van der Waals surface area contributed by atoms with Crippen molar-refractivity contribution in [2.24, 2.45) is 5.92 Å². The lowest BCUT2D eigenvalue weighted by Crippen LogP contribution is -2.42. The van der Waals surface area contributed by atoms with Gasteiger partial charge in [-0.1, -0.05) is 32.0 Å². The van der Waals surface area contributed by atoms with Crippen LogP contribution in [0, 0.1) is 5.92 Å². The van der Waals surface area contributed by atoms with Gasteiger partial charge in [0.1, 0.15) is 5.60 Å². The number of rotatable bonds is 4. The summed E-state index contributed by atoms with van der Waals surface area (Å²) in [7, 11) is -3.91. The molecule has 1 aromatic carbocycles. The maximum Gasteiger partial charge on any atom is 0.424 e. The molecule has 0 bridgehead atoms. The molecule has 0 fully saturated rings. The summed E-state index contributed by atoms with van der Waals surface area (Å²) >= 11 is 0. The van der Waals surface area contributed by atoms with Crippen LogP contribution >= 0.6 is 0 Å². The van der Waals surface area contributed by atoms with Crippen molar-refractivity contribution in [3.8, 4) is 0 Å². The molecule has 0 atom stereocenters. The average Bonchev–Trinajstić information content (AvgIpc) is 2.34. The molecule has 118 valence electrons. The van der Waals surface area contributed by atoms with E-state index in [2.05, 4.69) is 0 Å². The lowest BCUT2D eigenvalue weighted by molar-refractivity contribution is 0.0378. The molecule has 0 aliphatic rings. The van der Waals surface area contributed by atoms with Crippen LogP contribution in [0.4, 0.5) is 4.79 Å². The number of amides is 1. The Kier molecular flexibility index (Phi) is 5.39. The molecule has 0 N–H and O–H groups in total. The molecule has 0 saturated carbocycles. The molecule has 0 aromatic heterocycles. The molecule has 0 saturated heterocycles. The number of nitrogens with zero attached hydrogens (tertiary/aromatic N) is 1. The summed E-state index contributed by atoms with van der Waals surface area (Å²) in [6, 6.07) is 7.89. The highest BCUT2D eigenvalue weighted by molar-refractivity contribution is 7.89. The molecule has 0 radical (unpaired) electrons. The minimum absolute atomic E-state index is 0.00370. The zero-order valence-corrected chi connectivity index (χ0v) is 14.0. The second-order valence-electron chi connectivity index (χ2n) is 6.22. The van der Waals surface area contributed by atoms with E-state index in [0.717, 1.165) is 4.31 Å².